The van der Waals surface area contributed by atoms with Crippen LogP contribution in [0.4, 0.5) is 9.59 Å². The van der Waals surface area contributed by atoms with Crippen molar-refractivity contribution in [1.29, 1.82) is 0 Å². The number of ether oxygens (including phenoxy) is 2. The van der Waals surface area contributed by atoms with E-state index in [1.807, 2.05) is 65.8 Å². The van der Waals surface area contributed by atoms with Gasteiger partial charge in [0.15, 0.2) is 0 Å². The van der Waals surface area contributed by atoms with E-state index in [2.05, 4.69) is 44.3 Å². The summed E-state index contributed by atoms with van der Waals surface area (Å²) in [6.07, 6.45) is 1.89. The van der Waals surface area contributed by atoms with E-state index < -0.39 is 24.3 Å². The number of aromatic nitrogens is 4. The predicted molar refractivity (Wildman–Crippen MR) is 201 cm³/mol. The summed E-state index contributed by atoms with van der Waals surface area (Å²) >= 11 is 0. The maximum atomic E-state index is 13.5. The smallest absolute Gasteiger partial charge is 0.407 e. The number of nitrogens with zero attached hydrogens (tertiary/aromatic N) is 4. The SMILES string of the molecule is COC(=O)NC(C(=O)N1CCCC1c1nc(C#Cc2ccc(C#Cc3nc(C4CCCN4C(=O)C(NC(=O)OC)C(C)C)[nH]c3C)cc2)c(C)[nH]1)C(C)C. The van der Waals surface area contributed by atoms with Gasteiger partial charge >= 0.3 is 12.2 Å². The lowest BCUT2D eigenvalue weighted by Crippen LogP contribution is -2.51. The summed E-state index contributed by atoms with van der Waals surface area (Å²) in [6, 6.07) is 5.70. The van der Waals surface area contributed by atoms with Crippen LogP contribution in [0.1, 0.15) is 111 Å². The third-order valence-corrected chi connectivity index (χ3v) is 9.83. The topological polar surface area (TPSA) is 175 Å². The molecular weight excluding hydrogens is 688 g/mol. The standard InChI is InChI=1S/C40H50N8O6/c1-23(2)33(45-39(51)53-7)37(49)47-21-9-11-31(47)35-41-25(5)29(43-35)19-17-27-13-15-28(16-14-27)18-20-30-26(6)42-36(44-30)32-12-10-22-48(32)38(50)34(24(3)4)46-40(52)54-8/h13-16,23-24,31-34H,9-12,21-22H2,1-8H3,(H,41,43)(H,42,44)(H,45,51)(H,46,52). The van der Waals surface area contributed by atoms with Gasteiger partial charge in [-0.3, -0.25) is 9.59 Å². The van der Waals surface area contributed by atoms with E-state index in [0.29, 0.717) is 36.1 Å². The molecule has 1 aromatic carbocycles. The molecule has 4 N–H and O–H groups in total. The number of amides is 4. The average molecular weight is 739 g/mol. The summed E-state index contributed by atoms with van der Waals surface area (Å²) < 4.78 is 9.48. The number of aromatic amines is 2. The van der Waals surface area contributed by atoms with E-state index in [4.69, 9.17) is 19.4 Å². The molecule has 2 aromatic heterocycles. The summed E-state index contributed by atoms with van der Waals surface area (Å²) in [6.45, 7) is 12.5. The van der Waals surface area contributed by atoms with Gasteiger partial charge in [0, 0.05) is 35.6 Å². The highest BCUT2D eigenvalue weighted by molar-refractivity contribution is 5.87. The molecule has 0 saturated carbocycles. The second-order valence-electron chi connectivity index (χ2n) is 14.4. The van der Waals surface area contributed by atoms with Crippen molar-refractivity contribution >= 4 is 24.0 Å². The average Bonchev–Trinajstić information content (AvgIpc) is 3.97. The Morgan fingerprint density at radius 1 is 0.685 bits per heavy atom. The fourth-order valence-corrected chi connectivity index (χ4v) is 6.81. The highest BCUT2D eigenvalue weighted by Crippen LogP contribution is 2.33. The minimum atomic E-state index is -0.705. The van der Waals surface area contributed by atoms with Crippen LogP contribution in [0.25, 0.3) is 0 Å². The molecule has 2 fully saturated rings. The monoisotopic (exact) mass is 738 g/mol. The normalized spacial score (nSPS) is 17.7. The number of carbonyl (C=O) groups is 4. The molecule has 3 aromatic rings. The molecule has 0 radical (unpaired) electrons. The Kier molecular flexibility index (Phi) is 12.7. The Balaban J connectivity index is 1.25. The zero-order chi connectivity index (χ0) is 39.1. The first-order chi connectivity index (χ1) is 25.8. The van der Waals surface area contributed by atoms with E-state index in [-0.39, 0.29) is 35.7 Å². The number of hydrogen-bond acceptors (Lipinski definition) is 8. The van der Waals surface area contributed by atoms with Gasteiger partial charge in [-0.2, -0.15) is 0 Å². The van der Waals surface area contributed by atoms with Crippen LogP contribution in [0, 0.1) is 49.4 Å². The number of imidazole rings is 2. The summed E-state index contributed by atoms with van der Waals surface area (Å²) in [4.78, 5) is 70.6. The van der Waals surface area contributed by atoms with Gasteiger partial charge in [-0.15, -0.1) is 0 Å². The summed E-state index contributed by atoms with van der Waals surface area (Å²) in [5, 5.41) is 5.35. The molecule has 4 unspecified atom stereocenters. The molecule has 4 heterocycles. The van der Waals surface area contributed by atoms with E-state index in [1.165, 1.54) is 14.2 Å². The molecule has 14 nitrogen and oxygen atoms in total. The molecule has 0 spiro atoms. The van der Waals surface area contributed by atoms with Crippen LogP contribution < -0.4 is 10.6 Å². The zero-order valence-electron chi connectivity index (χ0n) is 32.3. The number of rotatable bonds is 8. The molecule has 4 atom stereocenters. The zero-order valence-corrected chi connectivity index (χ0v) is 32.3. The number of benzene rings is 1. The first-order valence-electron chi connectivity index (χ1n) is 18.4. The van der Waals surface area contributed by atoms with Gasteiger partial charge in [0.2, 0.25) is 11.8 Å². The van der Waals surface area contributed by atoms with Crippen LogP contribution in [-0.4, -0.2) is 93.1 Å². The molecular formula is C40H50N8O6. The molecule has 286 valence electrons. The van der Waals surface area contributed by atoms with E-state index >= 15 is 0 Å². The molecule has 5 rings (SSSR count). The third-order valence-electron chi connectivity index (χ3n) is 9.83. The Morgan fingerprint density at radius 3 is 1.39 bits per heavy atom. The Hall–Kier alpha value is -5.76. The van der Waals surface area contributed by atoms with Crippen molar-refractivity contribution < 1.29 is 28.7 Å². The van der Waals surface area contributed by atoms with Gasteiger partial charge in [0.25, 0.3) is 0 Å². The van der Waals surface area contributed by atoms with Gasteiger partial charge in [-0.25, -0.2) is 19.6 Å². The number of alkyl carbamates (subject to hydrolysis) is 2. The fourth-order valence-electron chi connectivity index (χ4n) is 6.81. The molecule has 4 amide bonds. The van der Waals surface area contributed by atoms with Crippen LogP contribution in [-0.2, 0) is 19.1 Å². The minimum absolute atomic E-state index is 0.119. The maximum absolute atomic E-state index is 13.5. The van der Waals surface area contributed by atoms with Crippen LogP contribution in [0.15, 0.2) is 24.3 Å². The molecule has 2 aliphatic heterocycles. The minimum Gasteiger partial charge on any atom is -0.453 e. The van der Waals surface area contributed by atoms with Crippen molar-refractivity contribution in [2.75, 3.05) is 27.3 Å². The van der Waals surface area contributed by atoms with E-state index in [0.717, 1.165) is 48.2 Å². The lowest BCUT2D eigenvalue weighted by Gasteiger charge is -2.29. The van der Waals surface area contributed by atoms with Gasteiger partial charge in [0.1, 0.15) is 35.1 Å². The van der Waals surface area contributed by atoms with E-state index in [1.54, 1.807) is 9.80 Å². The Morgan fingerprint density at radius 2 is 1.06 bits per heavy atom. The number of likely N-dealkylation sites (tertiary alicyclic amines) is 2. The second kappa shape index (κ2) is 17.4. The molecule has 14 heteroatoms. The van der Waals surface area contributed by atoms with Crippen molar-refractivity contribution in [3.8, 4) is 23.7 Å². The summed E-state index contributed by atoms with van der Waals surface area (Å²) in [7, 11) is 2.56. The number of H-pyrrole nitrogens is 2. The first kappa shape index (κ1) is 39.4. The van der Waals surface area contributed by atoms with Gasteiger partial charge in [-0.1, -0.05) is 39.5 Å². The quantitative estimate of drug-likeness (QED) is 0.242. The molecule has 0 bridgehead atoms. The molecule has 0 aliphatic carbocycles. The van der Waals surface area contributed by atoms with E-state index in [9.17, 15) is 19.2 Å². The summed E-state index contributed by atoms with van der Waals surface area (Å²) in [5.41, 5.74) is 4.41. The Bertz CT molecular complexity index is 1830. The molecule has 2 saturated heterocycles. The van der Waals surface area contributed by atoms with Gasteiger partial charge in [-0.05, 0) is 87.5 Å². The van der Waals surface area contributed by atoms with Gasteiger partial charge < -0.3 is 39.9 Å². The number of methoxy groups -OCH3 is 2. The summed E-state index contributed by atoms with van der Waals surface area (Å²) in [5.74, 6) is 13.5. The highest BCUT2D eigenvalue weighted by Gasteiger charge is 2.39. The lowest BCUT2D eigenvalue weighted by molar-refractivity contribution is -0.136. The maximum Gasteiger partial charge on any atom is 0.407 e. The number of hydrogen-bond donors (Lipinski definition) is 4. The van der Waals surface area contributed by atoms with Crippen molar-refractivity contribution in [2.45, 2.75) is 91.4 Å². The molecule has 54 heavy (non-hydrogen) atoms. The first-order valence-corrected chi connectivity index (χ1v) is 18.4. The number of nitrogens with one attached hydrogen (secondary N) is 4. The van der Waals surface area contributed by atoms with Crippen LogP contribution in [0.3, 0.4) is 0 Å². The van der Waals surface area contributed by atoms with Crippen molar-refractivity contribution in [3.05, 3.63) is 69.8 Å². The number of carbonyl (C=O) groups excluding carboxylic acids is 4. The number of aryl methyl sites for hydroxylation is 2. The van der Waals surface area contributed by atoms with Gasteiger partial charge in [0.05, 0.1) is 26.3 Å². The lowest BCUT2D eigenvalue weighted by atomic mass is 10.0. The fraction of sp³-hybridized carbons (Fsp3) is 0.500. The highest BCUT2D eigenvalue weighted by atomic mass is 16.5. The van der Waals surface area contributed by atoms with Crippen molar-refractivity contribution in [1.82, 2.24) is 40.4 Å². The van der Waals surface area contributed by atoms with Crippen LogP contribution in [0.5, 0.6) is 0 Å². The van der Waals surface area contributed by atoms with Crippen molar-refractivity contribution in [3.63, 3.8) is 0 Å². The Labute approximate surface area is 316 Å². The second-order valence-corrected chi connectivity index (χ2v) is 14.4. The van der Waals surface area contributed by atoms with Crippen LogP contribution in [0.2, 0.25) is 0 Å². The third kappa shape index (κ3) is 9.05. The molecule has 2 aliphatic rings. The largest absolute Gasteiger partial charge is 0.453 e. The predicted octanol–water partition coefficient (Wildman–Crippen LogP) is 4.64. The van der Waals surface area contributed by atoms with Crippen LogP contribution >= 0.6 is 0 Å². The van der Waals surface area contributed by atoms with Crippen molar-refractivity contribution in [2.24, 2.45) is 11.8 Å².